The van der Waals surface area contributed by atoms with E-state index in [9.17, 15) is 0 Å². The van der Waals surface area contributed by atoms with Crippen molar-refractivity contribution in [1.82, 2.24) is 0 Å². The number of hydrogen-bond donors (Lipinski definition) is 0. The first-order chi connectivity index (χ1) is 11.4. The van der Waals surface area contributed by atoms with E-state index in [1.165, 1.54) is 20.3 Å². The topological polar surface area (TPSA) is 0 Å². The maximum atomic E-state index is 4.35. The quantitative estimate of drug-likeness (QED) is 0.435. The molecular formula is C23H25I. The lowest BCUT2D eigenvalue weighted by Crippen LogP contribution is -2.18. The van der Waals surface area contributed by atoms with E-state index in [-0.39, 0.29) is 5.41 Å². The third kappa shape index (κ3) is 4.27. The van der Waals surface area contributed by atoms with Crippen LogP contribution in [0.4, 0.5) is 0 Å². The fraction of sp³-hybridized carbons (Fsp3) is 0.217. The van der Waals surface area contributed by atoms with Gasteiger partial charge in [-0.05, 0) is 75.9 Å². The van der Waals surface area contributed by atoms with Gasteiger partial charge in [-0.15, -0.1) is 0 Å². The first-order valence-corrected chi connectivity index (χ1v) is 9.29. The lowest BCUT2D eigenvalue weighted by atomic mass is 9.73. The minimum atomic E-state index is -0.156. The molecule has 2 rings (SSSR count). The van der Waals surface area contributed by atoms with Gasteiger partial charge in [0.05, 0.1) is 0 Å². The fourth-order valence-electron chi connectivity index (χ4n) is 2.81. The molecule has 0 radical (unpaired) electrons. The molecule has 0 aliphatic heterocycles. The van der Waals surface area contributed by atoms with E-state index in [0.29, 0.717) is 0 Å². The second kappa shape index (κ2) is 7.98. The molecule has 0 spiro atoms. The van der Waals surface area contributed by atoms with E-state index in [1.54, 1.807) is 0 Å². The zero-order valence-corrected chi connectivity index (χ0v) is 16.9. The van der Waals surface area contributed by atoms with E-state index in [1.807, 2.05) is 0 Å². The third-order valence-electron chi connectivity index (χ3n) is 4.55. The van der Waals surface area contributed by atoms with Gasteiger partial charge in [-0.3, -0.25) is 0 Å². The highest BCUT2D eigenvalue weighted by atomic mass is 127. The van der Waals surface area contributed by atoms with Crippen LogP contribution in [0.2, 0.25) is 0 Å². The Morgan fingerprint density at radius 1 is 1.12 bits per heavy atom. The van der Waals surface area contributed by atoms with Crippen LogP contribution in [0.25, 0.3) is 5.57 Å². The summed E-state index contributed by atoms with van der Waals surface area (Å²) in [6.45, 7) is 15.2. The predicted molar refractivity (Wildman–Crippen MR) is 116 cm³/mol. The molecule has 0 amide bonds. The van der Waals surface area contributed by atoms with Gasteiger partial charge in [-0.25, -0.2) is 0 Å². The summed E-state index contributed by atoms with van der Waals surface area (Å²) in [4.78, 5) is 0. The molecule has 1 heteroatoms. The largest absolute Gasteiger partial charge is 0.0952 e. The average Bonchev–Trinajstić information content (AvgIpc) is 2.59. The molecule has 0 saturated carbocycles. The summed E-state index contributed by atoms with van der Waals surface area (Å²) in [6.07, 6.45) is 13.7. The molecule has 24 heavy (non-hydrogen) atoms. The van der Waals surface area contributed by atoms with Gasteiger partial charge < -0.3 is 0 Å². The van der Waals surface area contributed by atoms with Crippen molar-refractivity contribution in [3.05, 3.63) is 99.7 Å². The molecule has 0 atom stereocenters. The van der Waals surface area contributed by atoms with Crippen LogP contribution in [-0.4, -0.2) is 0 Å². The van der Waals surface area contributed by atoms with Crippen LogP contribution in [-0.2, 0) is 0 Å². The summed E-state index contributed by atoms with van der Waals surface area (Å²) in [6, 6.07) is 8.64. The summed E-state index contributed by atoms with van der Waals surface area (Å²) in [5, 5.41) is 0. The molecule has 0 aromatic heterocycles. The van der Waals surface area contributed by atoms with E-state index in [4.69, 9.17) is 0 Å². The van der Waals surface area contributed by atoms with E-state index >= 15 is 0 Å². The molecule has 0 nitrogen and oxygen atoms in total. The molecule has 0 heterocycles. The zero-order valence-electron chi connectivity index (χ0n) is 14.8. The monoisotopic (exact) mass is 428 g/mol. The van der Waals surface area contributed by atoms with Gasteiger partial charge >= 0.3 is 0 Å². The Bertz CT molecular complexity index is 750. The van der Waals surface area contributed by atoms with Crippen molar-refractivity contribution in [3.8, 4) is 0 Å². The first-order valence-electron chi connectivity index (χ1n) is 8.21. The second-order valence-electron chi connectivity index (χ2n) is 6.55. The summed E-state index contributed by atoms with van der Waals surface area (Å²) in [5.41, 5.74) is 5.78. The van der Waals surface area contributed by atoms with Crippen molar-refractivity contribution < 1.29 is 0 Å². The molecule has 1 aliphatic carbocycles. The van der Waals surface area contributed by atoms with Crippen LogP contribution < -0.4 is 0 Å². The molecule has 1 aromatic rings. The highest BCUT2D eigenvalue weighted by Crippen LogP contribution is 2.41. The lowest BCUT2D eigenvalue weighted by Gasteiger charge is -2.31. The normalized spacial score (nSPS) is 22.7. The van der Waals surface area contributed by atoms with Gasteiger partial charge in [0.2, 0.25) is 0 Å². The van der Waals surface area contributed by atoms with E-state index < -0.39 is 0 Å². The first kappa shape index (κ1) is 18.7. The Hall–Kier alpha value is -1.61. The molecule has 0 fully saturated rings. The van der Waals surface area contributed by atoms with Gasteiger partial charge in [0, 0.05) is 8.99 Å². The van der Waals surface area contributed by atoms with Crippen molar-refractivity contribution in [1.29, 1.82) is 0 Å². The summed E-state index contributed by atoms with van der Waals surface area (Å²) >= 11 is 2.34. The second-order valence-corrected chi connectivity index (χ2v) is 7.80. The van der Waals surface area contributed by atoms with Crippen LogP contribution >= 0.6 is 22.6 Å². The van der Waals surface area contributed by atoms with Gasteiger partial charge in [0.15, 0.2) is 0 Å². The SMILES string of the molecule is C=C1C/C=C\C=C/C(=C)C(C)(C)/C1=C/C(=C\C)c1ccc(I)cc1. The number of benzene rings is 1. The fourth-order valence-corrected chi connectivity index (χ4v) is 3.17. The van der Waals surface area contributed by atoms with Crippen LogP contribution in [0.3, 0.4) is 0 Å². The molecule has 124 valence electrons. The number of rotatable bonds is 2. The minimum Gasteiger partial charge on any atom is -0.0952 e. The highest BCUT2D eigenvalue weighted by Gasteiger charge is 2.27. The van der Waals surface area contributed by atoms with Crippen LogP contribution in [0.15, 0.2) is 90.6 Å². The van der Waals surface area contributed by atoms with Gasteiger partial charge in [-0.1, -0.05) is 75.6 Å². The van der Waals surface area contributed by atoms with Gasteiger partial charge in [0.1, 0.15) is 0 Å². The molecular weight excluding hydrogens is 403 g/mol. The Morgan fingerprint density at radius 3 is 2.42 bits per heavy atom. The van der Waals surface area contributed by atoms with Crippen LogP contribution in [0, 0.1) is 8.99 Å². The highest BCUT2D eigenvalue weighted by molar-refractivity contribution is 14.1. The van der Waals surface area contributed by atoms with Crippen LogP contribution in [0.1, 0.15) is 32.8 Å². The average molecular weight is 428 g/mol. The number of hydrogen-bond acceptors (Lipinski definition) is 0. The Kier molecular flexibility index (Phi) is 6.22. The molecule has 1 aliphatic rings. The van der Waals surface area contributed by atoms with Crippen molar-refractivity contribution in [2.45, 2.75) is 27.2 Å². The van der Waals surface area contributed by atoms with Crippen molar-refractivity contribution in [3.63, 3.8) is 0 Å². The van der Waals surface area contributed by atoms with Crippen molar-refractivity contribution in [2.75, 3.05) is 0 Å². The summed E-state index contributed by atoms with van der Waals surface area (Å²) < 4.78 is 1.25. The van der Waals surface area contributed by atoms with Crippen LogP contribution in [0.5, 0.6) is 0 Å². The Balaban J connectivity index is 2.54. The number of halogens is 1. The van der Waals surface area contributed by atoms with E-state index in [0.717, 1.165) is 17.6 Å². The summed E-state index contributed by atoms with van der Waals surface area (Å²) in [7, 11) is 0. The van der Waals surface area contributed by atoms with Gasteiger partial charge in [0.25, 0.3) is 0 Å². The molecule has 0 saturated heterocycles. The van der Waals surface area contributed by atoms with Crippen molar-refractivity contribution in [2.24, 2.45) is 5.41 Å². The molecule has 0 bridgehead atoms. The lowest BCUT2D eigenvalue weighted by molar-refractivity contribution is 0.560. The Labute approximate surface area is 160 Å². The smallest absolute Gasteiger partial charge is 0.0143 e. The number of allylic oxidation sites excluding steroid dienone is 10. The predicted octanol–water partition coefficient (Wildman–Crippen LogP) is 7.28. The molecule has 0 unspecified atom stereocenters. The molecule has 0 N–H and O–H groups in total. The van der Waals surface area contributed by atoms with E-state index in [2.05, 4.69) is 117 Å². The Morgan fingerprint density at radius 2 is 1.79 bits per heavy atom. The zero-order chi connectivity index (χ0) is 17.7. The van der Waals surface area contributed by atoms with Gasteiger partial charge in [-0.2, -0.15) is 0 Å². The maximum absolute atomic E-state index is 4.35. The summed E-state index contributed by atoms with van der Waals surface area (Å²) in [5.74, 6) is 0. The van der Waals surface area contributed by atoms with Crippen molar-refractivity contribution >= 4 is 28.2 Å². The maximum Gasteiger partial charge on any atom is 0.0143 e. The minimum absolute atomic E-state index is 0.156. The third-order valence-corrected chi connectivity index (χ3v) is 5.27. The molecule has 1 aromatic carbocycles. The standard InChI is InChI=1S/C23H25I/c1-6-19(20-12-14-21(24)15-13-20)16-22-17(2)10-8-7-9-11-18(3)23(22,4)5/h6-9,11-16H,2-3,10H2,1,4-5H3/b8-7-,11-9-,19-6+,22-16+.